The molecule has 158 valence electrons. The lowest BCUT2D eigenvalue weighted by molar-refractivity contribution is -0.126. The number of nitrogens with zero attached hydrogens (tertiary/aromatic N) is 1. The van der Waals surface area contributed by atoms with Gasteiger partial charge in [0.15, 0.2) is 0 Å². The summed E-state index contributed by atoms with van der Waals surface area (Å²) in [6, 6.07) is 5.04. The van der Waals surface area contributed by atoms with Gasteiger partial charge in [-0.15, -0.1) is 0 Å². The zero-order valence-corrected chi connectivity index (χ0v) is 18.5. The Bertz CT molecular complexity index is 750. The first-order chi connectivity index (χ1) is 13.3. The fourth-order valence-corrected chi connectivity index (χ4v) is 5.20. The molecule has 0 atom stereocenters. The summed E-state index contributed by atoms with van der Waals surface area (Å²) in [5.74, 6) is 0.603. The molecule has 28 heavy (non-hydrogen) atoms. The number of carbonyl (C=O) groups excluding carboxylic acids is 1. The van der Waals surface area contributed by atoms with Gasteiger partial charge >= 0.3 is 0 Å². The molecule has 1 N–H and O–H groups in total. The molecule has 9 heteroatoms. The Kier molecular flexibility index (Phi) is 9.34. The van der Waals surface area contributed by atoms with E-state index in [2.05, 4.69) is 5.32 Å². The van der Waals surface area contributed by atoms with E-state index in [1.54, 1.807) is 18.2 Å². The minimum Gasteiger partial charge on any atom is -0.492 e. The highest BCUT2D eigenvalue weighted by Crippen LogP contribution is 2.27. The van der Waals surface area contributed by atoms with Crippen LogP contribution in [0.15, 0.2) is 18.2 Å². The maximum atomic E-state index is 12.3. The Morgan fingerprint density at radius 1 is 1.25 bits per heavy atom. The Balaban J connectivity index is 1.65. The summed E-state index contributed by atoms with van der Waals surface area (Å²) in [7, 11) is -3.19. The number of hydrogen-bond donors (Lipinski definition) is 1. The smallest absolute Gasteiger partial charge is 0.223 e. The van der Waals surface area contributed by atoms with Crippen LogP contribution in [0, 0.1) is 5.92 Å². The fraction of sp³-hybridized carbons (Fsp3) is 0.632. The predicted octanol–water partition coefficient (Wildman–Crippen LogP) is 3.72. The third-order valence-electron chi connectivity index (χ3n) is 4.75. The summed E-state index contributed by atoms with van der Waals surface area (Å²) in [6.45, 7) is 3.74. The minimum atomic E-state index is -3.19. The van der Waals surface area contributed by atoms with E-state index in [0.717, 1.165) is 6.42 Å². The molecular formula is C19H28Cl2N2O4S. The molecule has 6 nitrogen and oxygen atoms in total. The number of rotatable bonds is 10. The second kappa shape index (κ2) is 11.2. The third-order valence-corrected chi connectivity index (χ3v) is 7.23. The number of hydrogen-bond acceptors (Lipinski definition) is 4. The van der Waals surface area contributed by atoms with E-state index in [9.17, 15) is 13.2 Å². The van der Waals surface area contributed by atoms with Crippen LogP contribution >= 0.6 is 23.2 Å². The van der Waals surface area contributed by atoms with Gasteiger partial charge in [0, 0.05) is 30.6 Å². The van der Waals surface area contributed by atoms with Crippen LogP contribution in [-0.2, 0) is 14.8 Å². The maximum absolute atomic E-state index is 12.3. The maximum Gasteiger partial charge on any atom is 0.223 e. The van der Waals surface area contributed by atoms with Crippen LogP contribution in [0.4, 0.5) is 0 Å². The molecule has 0 aliphatic carbocycles. The highest BCUT2D eigenvalue weighted by Gasteiger charge is 2.30. The van der Waals surface area contributed by atoms with Gasteiger partial charge in [-0.2, -0.15) is 0 Å². The van der Waals surface area contributed by atoms with Gasteiger partial charge in [-0.3, -0.25) is 4.79 Å². The molecule has 1 aliphatic heterocycles. The molecule has 0 radical (unpaired) electrons. The van der Waals surface area contributed by atoms with E-state index in [-0.39, 0.29) is 17.6 Å². The Morgan fingerprint density at radius 3 is 2.61 bits per heavy atom. The Labute approximate surface area is 177 Å². The van der Waals surface area contributed by atoms with E-state index < -0.39 is 10.0 Å². The van der Waals surface area contributed by atoms with Crippen LogP contribution in [0.1, 0.15) is 39.0 Å². The highest BCUT2D eigenvalue weighted by molar-refractivity contribution is 7.89. The largest absolute Gasteiger partial charge is 0.492 e. The molecule has 2 rings (SSSR count). The van der Waals surface area contributed by atoms with Gasteiger partial charge in [0.2, 0.25) is 15.9 Å². The van der Waals surface area contributed by atoms with Crippen molar-refractivity contribution in [1.29, 1.82) is 0 Å². The minimum absolute atomic E-state index is 0.0184. The molecule has 1 aromatic rings. The molecule has 0 unspecified atom stereocenters. The molecular weight excluding hydrogens is 423 g/mol. The van der Waals surface area contributed by atoms with Gasteiger partial charge in [-0.05, 0) is 43.9 Å². The number of halogens is 2. The second-order valence-corrected chi connectivity index (χ2v) is 9.84. The lowest BCUT2D eigenvalue weighted by Gasteiger charge is -2.30. The third kappa shape index (κ3) is 7.10. The summed E-state index contributed by atoms with van der Waals surface area (Å²) in [5, 5.41) is 3.91. The van der Waals surface area contributed by atoms with Gasteiger partial charge in [0.1, 0.15) is 5.75 Å². The number of carbonyl (C=O) groups is 1. The molecule has 0 saturated carbocycles. The first-order valence-electron chi connectivity index (χ1n) is 9.67. The van der Waals surface area contributed by atoms with Crippen molar-refractivity contribution in [2.24, 2.45) is 5.92 Å². The normalized spacial score (nSPS) is 16.1. The van der Waals surface area contributed by atoms with Gasteiger partial charge in [-0.1, -0.05) is 36.5 Å². The van der Waals surface area contributed by atoms with Crippen LogP contribution in [0.5, 0.6) is 5.75 Å². The van der Waals surface area contributed by atoms with Crippen LogP contribution in [0.3, 0.4) is 0 Å². The first kappa shape index (κ1) is 23.3. The van der Waals surface area contributed by atoms with Gasteiger partial charge < -0.3 is 10.1 Å². The average molecular weight is 451 g/mol. The second-order valence-electron chi connectivity index (χ2n) is 6.91. The summed E-state index contributed by atoms with van der Waals surface area (Å²) in [6.07, 6.45) is 3.30. The van der Waals surface area contributed by atoms with Crippen molar-refractivity contribution in [2.45, 2.75) is 39.0 Å². The fourth-order valence-electron chi connectivity index (χ4n) is 3.05. The summed E-state index contributed by atoms with van der Waals surface area (Å²) >= 11 is 11.9. The van der Waals surface area contributed by atoms with Crippen molar-refractivity contribution >= 4 is 39.1 Å². The van der Waals surface area contributed by atoms with Crippen LogP contribution in [0.2, 0.25) is 10.0 Å². The monoisotopic (exact) mass is 450 g/mol. The zero-order valence-electron chi connectivity index (χ0n) is 16.1. The van der Waals surface area contributed by atoms with Crippen molar-refractivity contribution in [3.8, 4) is 5.75 Å². The predicted molar refractivity (Wildman–Crippen MR) is 113 cm³/mol. The van der Waals surface area contributed by atoms with E-state index in [1.165, 1.54) is 4.31 Å². The molecule has 1 amide bonds. The van der Waals surface area contributed by atoms with Crippen LogP contribution in [-0.4, -0.2) is 50.6 Å². The van der Waals surface area contributed by atoms with Crippen molar-refractivity contribution in [3.05, 3.63) is 28.2 Å². The molecule has 0 spiro atoms. The topological polar surface area (TPSA) is 75.7 Å². The number of benzene rings is 1. The lowest BCUT2D eigenvalue weighted by Crippen LogP contribution is -2.43. The summed E-state index contributed by atoms with van der Waals surface area (Å²) in [5.41, 5.74) is 0. The van der Waals surface area contributed by atoms with Gasteiger partial charge in [0.25, 0.3) is 0 Å². The van der Waals surface area contributed by atoms with Crippen molar-refractivity contribution in [3.63, 3.8) is 0 Å². The molecule has 1 aliphatic rings. The summed E-state index contributed by atoms with van der Waals surface area (Å²) < 4.78 is 31.5. The molecule has 0 aromatic heterocycles. The first-order valence-corrected chi connectivity index (χ1v) is 12.0. The van der Waals surface area contributed by atoms with Gasteiger partial charge in [-0.25, -0.2) is 12.7 Å². The van der Waals surface area contributed by atoms with Crippen molar-refractivity contribution in [1.82, 2.24) is 9.62 Å². The van der Waals surface area contributed by atoms with Crippen molar-refractivity contribution < 1.29 is 17.9 Å². The quantitative estimate of drug-likeness (QED) is 0.551. The number of sulfonamides is 1. The summed E-state index contributed by atoms with van der Waals surface area (Å²) in [4.78, 5) is 12.3. The van der Waals surface area contributed by atoms with E-state index >= 15 is 0 Å². The number of unbranched alkanes of at least 4 members (excludes halogenated alkanes) is 1. The molecule has 1 aromatic carbocycles. The zero-order chi connectivity index (χ0) is 20.6. The van der Waals surface area contributed by atoms with E-state index in [1.807, 2.05) is 6.92 Å². The van der Waals surface area contributed by atoms with Crippen LogP contribution < -0.4 is 10.1 Å². The standard InChI is InChI=1S/C19H28Cl2N2O4S/c1-2-3-13-28(25,26)23-10-7-15(8-11-23)19(24)22-9-4-12-27-18-6-5-16(20)14-17(18)21/h5-6,14-15H,2-4,7-13H2,1H3,(H,22,24). The number of piperidine rings is 1. The average Bonchev–Trinajstić information content (AvgIpc) is 2.67. The molecule has 1 heterocycles. The number of amides is 1. The van der Waals surface area contributed by atoms with Gasteiger partial charge in [0.05, 0.1) is 17.4 Å². The molecule has 1 saturated heterocycles. The molecule has 1 fully saturated rings. The Hall–Kier alpha value is -1.02. The van der Waals surface area contributed by atoms with Crippen molar-refractivity contribution in [2.75, 3.05) is 32.0 Å². The molecule has 0 bridgehead atoms. The Morgan fingerprint density at radius 2 is 1.96 bits per heavy atom. The van der Waals surface area contributed by atoms with Crippen LogP contribution in [0.25, 0.3) is 0 Å². The number of nitrogens with one attached hydrogen (secondary N) is 1. The highest BCUT2D eigenvalue weighted by atomic mass is 35.5. The van der Waals surface area contributed by atoms with E-state index in [0.29, 0.717) is 67.7 Å². The van der Waals surface area contributed by atoms with E-state index in [4.69, 9.17) is 27.9 Å². The lowest BCUT2D eigenvalue weighted by atomic mass is 9.97. The SMILES string of the molecule is CCCCS(=O)(=O)N1CCC(C(=O)NCCCOc2ccc(Cl)cc2Cl)CC1. The number of ether oxygens (including phenoxy) is 1.